The van der Waals surface area contributed by atoms with Crippen LogP contribution in [0, 0.1) is 0 Å². The predicted molar refractivity (Wildman–Crippen MR) is 55.3 cm³/mol. The topological polar surface area (TPSA) is 18.5 Å². The molecule has 1 aliphatic rings. The van der Waals surface area contributed by atoms with Crippen molar-refractivity contribution in [1.29, 1.82) is 0 Å². The summed E-state index contributed by atoms with van der Waals surface area (Å²) in [5.74, 6) is 0. The summed E-state index contributed by atoms with van der Waals surface area (Å²) in [6, 6.07) is 5.51. The van der Waals surface area contributed by atoms with Crippen LogP contribution in [0.5, 0.6) is 0 Å². The molecule has 0 N–H and O–H groups in total. The van der Waals surface area contributed by atoms with Crippen LogP contribution in [0.4, 0.5) is 0 Å². The Morgan fingerprint density at radius 3 is 2.57 bits per heavy atom. The van der Waals surface area contributed by atoms with Gasteiger partial charge in [-0.2, -0.15) is 0 Å². The Balaban J connectivity index is 2.12. The van der Waals surface area contributed by atoms with Crippen molar-refractivity contribution in [1.82, 2.24) is 0 Å². The number of ether oxygens (including phenoxy) is 2. The number of hydrogen-bond donors (Lipinski definition) is 0. The second-order valence-electron chi connectivity index (χ2n) is 2.89. The highest BCUT2D eigenvalue weighted by molar-refractivity contribution is 6.42. The van der Waals surface area contributed by atoms with Gasteiger partial charge in [0.15, 0.2) is 0 Å². The van der Waals surface area contributed by atoms with Gasteiger partial charge >= 0.3 is 0 Å². The third kappa shape index (κ3) is 1.97. The van der Waals surface area contributed by atoms with Crippen LogP contribution in [0.15, 0.2) is 30.7 Å². The van der Waals surface area contributed by atoms with Gasteiger partial charge in [0.05, 0.1) is 10.0 Å². The number of benzene rings is 1. The normalized spacial score (nSPS) is 15.3. The molecule has 0 fully saturated rings. The van der Waals surface area contributed by atoms with E-state index in [-0.39, 0.29) is 6.29 Å². The predicted octanol–water partition coefficient (Wildman–Crippen LogP) is 3.38. The first-order chi connectivity index (χ1) is 6.77. The molecule has 74 valence electrons. The van der Waals surface area contributed by atoms with E-state index in [1.807, 2.05) is 12.1 Å². The van der Waals surface area contributed by atoms with Crippen LogP contribution in [-0.4, -0.2) is 6.29 Å². The maximum atomic E-state index is 6.01. The first kappa shape index (κ1) is 9.69. The van der Waals surface area contributed by atoms with Crippen LogP contribution in [0.25, 0.3) is 0 Å². The van der Waals surface area contributed by atoms with E-state index in [4.69, 9.17) is 32.7 Å². The zero-order valence-electron chi connectivity index (χ0n) is 7.24. The summed E-state index contributed by atoms with van der Waals surface area (Å²) in [6.45, 7) is 0. The molecule has 0 spiro atoms. The Morgan fingerprint density at radius 1 is 1.14 bits per heavy atom. The molecule has 2 rings (SSSR count). The molecule has 14 heavy (non-hydrogen) atoms. The first-order valence-electron chi connectivity index (χ1n) is 4.16. The van der Waals surface area contributed by atoms with Gasteiger partial charge in [0.2, 0.25) is 6.29 Å². The monoisotopic (exact) mass is 230 g/mol. The van der Waals surface area contributed by atoms with Crippen LogP contribution in [0.2, 0.25) is 10.0 Å². The van der Waals surface area contributed by atoms with Crippen molar-refractivity contribution >= 4 is 23.2 Å². The van der Waals surface area contributed by atoms with E-state index in [0.29, 0.717) is 16.5 Å². The van der Waals surface area contributed by atoms with Crippen LogP contribution in [-0.2, 0) is 15.9 Å². The minimum atomic E-state index is -0.286. The summed E-state index contributed by atoms with van der Waals surface area (Å²) in [5, 5.41) is 1.11. The summed E-state index contributed by atoms with van der Waals surface area (Å²) in [6.07, 6.45) is 3.34. The van der Waals surface area contributed by atoms with E-state index >= 15 is 0 Å². The molecular formula is C10H8Cl2O2. The smallest absolute Gasteiger partial charge is 0.243 e. The standard InChI is InChI=1S/C10H8Cl2O2/c11-8-3-1-2-7(10(8)12)6-9-13-4-5-14-9/h1-5,9H,6H2. The van der Waals surface area contributed by atoms with Gasteiger partial charge in [0, 0.05) is 6.42 Å². The van der Waals surface area contributed by atoms with Crippen molar-refractivity contribution in [2.45, 2.75) is 12.7 Å². The van der Waals surface area contributed by atoms with Crippen molar-refractivity contribution in [3.8, 4) is 0 Å². The van der Waals surface area contributed by atoms with Gasteiger partial charge in [0.1, 0.15) is 12.5 Å². The molecule has 0 amide bonds. The lowest BCUT2D eigenvalue weighted by atomic mass is 10.1. The lowest BCUT2D eigenvalue weighted by molar-refractivity contribution is -0.0209. The van der Waals surface area contributed by atoms with Crippen LogP contribution < -0.4 is 0 Å². The number of hydrogen-bond acceptors (Lipinski definition) is 2. The van der Waals surface area contributed by atoms with E-state index < -0.39 is 0 Å². The molecule has 0 aliphatic carbocycles. The molecule has 0 saturated heterocycles. The maximum Gasteiger partial charge on any atom is 0.243 e. The Morgan fingerprint density at radius 2 is 1.86 bits per heavy atom. The third-order valence-corrected chi connectivity index (χ3v) is 2.79. The zero-order chi connectivity index (χ0) is 9.97. The molecule has 0 radical (unpaired) electrons. The lowest BCUT2D eigenvalue weighted by Gasteiger charge is -2.11. The lowest BCUT2D eigenvalue weighted by Crippen LogP contribution is -2.11. The molecule has 1 aliphatic heterocycles. The van der Waals surface area contributed by atoms with Gasteiger partial charge < -0.3 is 9.47 Å². The largest absolute Gasteiger partial charge is 0.459 e. The highest BCUT2D eigenvalue weighted by Crippen LogP contribution is 2.27. The SMILES string of the molecule is Clc1cccc(CC2OC=CO2)c1Cl. The van der Waals surface area contributed by atoms with Gasteiger partial charge in [-0.3, -0.25) is 0 Å². The Bertz CT molecular complexity index is 355. The summed E-state index contributed by atoms with van der Waals surface area (Å²) >= 11 is 11.9. The molecule has 0 atom stereocenters. The average molecular weight is 231 g/mol. The van der Waals surface area contributed by atoms with E-state index in [0.717, 1.165) is 5.56 Å². The van der Waals surface area contributed by atoms with Crippen LogP contribution in [0.3, 0.4) is 0 Å². The fourth-order valence-corrected chi connectivity index (χ4v) is 1.65. The fraction of sp³-hybridized carbons (Fsp3) is 0.200. The van der Waals surface area contributed by atoms with Gasteiger partial charge in [-0.15, -0.1) is 0 Å². The highest BCUT2D eigenvalue weighted by Gasteiger charge is 2.15. The second kappa shape index (κ2) is 4.11. The van der Waals surface area contributed by atoms with E-state index in [1.54, 1.807) is 6.07 Å². The Labute approximate surface area is 92.0 Å². The zero-order valence-corrected chi connectivity index (χ0v) is 8.76. The number of rotatable bonds is 2. The summed E-state index contributed by atoms with van der Waals surface area (Å²) in [7, 11) is 0. The van der Waals surface area contributed by atoms with Gasteiger partial charge in [-0.25, -0.2) is 0 Å². The molecule has 1 aromatic rings. The Hall–Kier alpha value is -0.860. The van der Waals surface area contributed by atoms with E-state index in [9.17, 15) is 0 Å². The molecule has 0 aromatic heterocycles. The van der Waals surface area contributed by atoms with Crippen molar-refractivity contribution < 1.29 is 9.47 Å². The van der Waals surface area contributed by atoms with Crippen molar-refractivity contribution in [3.05, 3.63) is 46.3 Å². The first-order valence-corrected chi connectivity index (χ1v) is 4.92. The minimum absolute atomic E-state index is 0.286. The minimum Gasteiger partial charge on any atom is -0.459 e. The van der Waals surface area contributed by atoms with Gasteiger partial charge in [0.25, 0.3) is 0 Å². The molecule has 4 heteroatoms. The Kier molecular flexibility index (Phi) is 2.85. The van der Waals surface area contributed by atoms with Crippen molar-refractivity contribution in [2.24, 2.45) is 0 Å². The van der Waals surface area contributed by atoms with Gasteiger partial charge in [-0.05, 0) is 11.6 Å². The van der Waals surface area contributed by atoms with Gasteiger partial charge in [-0.1, -0.05) is 35.3 Å². The fourth-order valence-electron chi connectivity index (χ4n) is 1.25. The summed E-state index contributed by atoms with van der Waals surface area (Å²) < 4.78 is 10.3. The molecular weight excluding hydrogens is 223 g/mol. The van der Waals surface area contributed by atoms with E-state index in [2.05, 4.69) is 0 Å². The van der Waals surface area contributed by atoms with E-state index in [1.165, 1.54) is 12.5 Å². The van der Waals surface area contributed by atoms with Crippen molar-refractivity contribution in [3.63, 3.8) is 0 Å². The second-order valence-corrected chi connectivity index (χ2v) is 3.68. The van der Waals surface area contributed by atoms with Crippen LogP contribution >= 0.6 is 23.2 Å². The molecule has 1 aromatic carbocycles. The quantitative estimate of drug-likeness (QED) is 0.776. The molecule has 0 unspecified atom stereocenters. The maximum absolute atomic E-state index is 6.01. The summed E-state index contributed by atoms with van der Waals surface area (Å²) in [4.78, 5) is 0. The van der Waals surface area contributed by atoms with Crippen LogP contribution in [0.1, 0.15) is 5.56 Å². The molecule has 0 bridgehead atoms. The highest BCUT2D eigenvalue weighted by atomic mass is 35.5. The molecule has 1 heterocycles. The third-order valence-electron chi connectivity index (χ3n) is 1.93. The molecule has 2 nitrogen and oxygen atoms in total. The molecule has 0 saturated carbocycles. The summed E-state index contributed by atoms with van der Waals surface area (Å²) in [5.41, 5.74) is 0.924. The number of halogens is 2. The average Bonchev–Trinajstić information content (AvgIpc) is 2.66. The van der Waals surface area contributed by atoms with Crippen molar-refractivity contribution in [2.75, 3.05) is 0 Å².